The van der Waals surface area contributed by atoms with E-state index in [4.69, 9.17) is 0 Å². The smallest absolute Gasteiger partial charge is 0.0105 e. The van der Waals surface area contributed by atoms with Crippen LogP contribution in [0.4, 0.5) is 0 Å². The van der Waals surface area contributed by atoms with Crippen LogP contribution in [0, 0.1) is 0 Å². The van der Waals surface area contributed by atoms with Crippen molar-refractivity contribution >= 4 is 11.3 Å². The highest BCUT2D eigenvalue weighted by Crippen LogP contribution is 2.37. The van der Waals surface area contributed by atoms with Crippen LogP contribution in [0.15, 0.2) is 12.1 Å². The lowest BCUT2D eigenvalue weighted by Crippen LogP contribution is -2.14. The van der Waals surface area contributed by atoms with Crippen LogP contribution in [0.5, 0.6) is 0 Å². The van der Waals surface area contributed by atoms with Gasteiger partial charge >= 0.3 is 0 Å². The van der Waals surface area contributed by atoms with Gasteiger partial charge in [-0.3, -0.25) is 0 Å². The fourth-order valence-electron chi connectivity index (χ4n) is 1.85. The molecule has 0 aromatic carbocycles. The van der Waals surface area contributed by atoms with E-state index in [1.165, 1.54) is 22.6 Å². The zero-order chi connectivity index (χ0) is 11.7. The molecular formula is C14H24S. The molecule has 0 amide bonds. The molecule has 0 saturated carbocycles. The average Bonchev–Trinajstić information content (AvgIpc) is 2.50. The Kier molecular flexibility index (Phi) is 3.65. The molecule has 0 aliphatic carbocycles. The number of hydrogen-bond donors (Lipinski definition) is 0. The van der Waals surface area contributed by atoms with E-state index in [0.29, 0.717) is 10.8 Å². The Balaban J connectivity index is 2.94. The number of rotatable bonds is 3. The van der Waals surface area contributed by atoms with Crippen molar-refractivity contribution in [2.45, 2.75) is 65.2 Å². The molecule has 0 N–H and O–H groups in total. The molecule has 0 aliphatic rings. The van der Waals surface area contributed by atoms with Crippen LogP contribution in [0.2, 0.25) is 0 Å². The van der Waals surface area contributed by atoms with Gasteiger partial charge < -0.3 is 0 Å². The lowest BCUT2D eigenvalue weighted by Gasteiger charge is -2.23. The zero-order valence-electron chi connectivity index (χ0n) is 11.0. The predicted octanol–water partition coefficient (Wildman–Crippen LogP) is 5.12. The lowest BCUT2D eigenvalue weighted by atomic mass is 9.86. The summed E-state index contributed by atoms with van der Waals surface area (Å²) in [6.45, 7) is 13.8. The van der Waals surface area contributed by atoms with E-state index >= 15 is 0 Å². The molecule has 15 heavy (non-hydrogen) atoms. The molecular weight excluding hydrogens is 200 g/mol. The SMILES string of the molecule is CCCC(C)(C)c1ccc(C(C)(C)C)s1. The van der Waals surface area contributed by atoms with Gasteiger partial charge in [-0.15, -0.1) is 11.3 Å². The van der Waals surface area contributed by atoms with Crippen LogP contribution in [0.1, 0.15) is 64.1 Å². The van der Waals surface area contributed by atoms with E-state index in [-0.39, 0.29) is 0 Å². The van der Waals surface area contributed by atoms with E-state index in [1.54, 1.807) is 0 Å². The molecule has 1 heterocycles. The van der Waals surface area contributed by atoms with Gasteiger partial charge in [0.1, 0.15) is 0 Å². The lowest BCUT2D eigenvalue weighted by molar-refractivity contribution is 0.482. The molecule has 0 unspecified atom stereocenters. The van der Waals surface area contributed by atoms with Gasteiger partial charge in [0.05, 0.1) is 0 Å². The minimum absolute atomic E-state index is 0.297. The molecule has 1 aromatic heterocycles. The van der Waals surface area contributed by atoms with Crippen molar-refractivity contribution in [1.82, 2.24) is 0 Å². The van der Waals surface area contributed by atoms with Crippen molar-refractivity contribution in [3.8, 4) is 0 Å². The van der Waals surface area contributed by atoms with Gasteiger partial charge in [-0.05, 0) is 29.4 Å². The molecule has 0 saturated heterocycles. The second-order valence-corrected chi connectivity index (χ2v) is 7.13. The Hall–Kier alpha value is -0.300. The Morgan fingerprint density at radius 3 is 1.93 bits per heavy atom. The maximum atomic E-state index is 2.36. The van der Waals surface area contributed by atoms with E-state index in [2.05, 4.69) is 53.7 Å². The molecule has 0 radical (unpaired) electrons. The zero-order valence-corrected chi connectivity index (χ0v) is 11.8. The third-order valence-electron chi connectivity index (χ3n) is 2.89. The van der Waals surface area contributed by atoms with Crippen LogP contribution in [0.25, 0.3) is 0 Å². The van der Waals surface area contributed by atoms with E-state index in [9.17, 15) is 0 Å². The highest BCUT2D eigenvalue weighted by atomic mass is 32.1. The molecule has 1 aromatic rings. The van der Waals surface area contributed by atoms with Gasteiger partial charge in [0, 0.05) is 9.75 Å². The Bertz CT molecular complexity index is 312. The Morgan fingerprint density at radius 2 is 1.53 bits per heavy atom. The first-order valence-corrected chi connectivity index (χ1v) is 6.70. The molecule has 86 valence electrons. The second kappa shape index (κ2) is 4.29. The number of thiophene rings is 1. The van der Waals surface area contributed by atoms with Gasteiger partial charge in [-0.2, -0.15) is 0 Å². The normalized spacial score (nSPS) is 13.2. The first kappa shape index (κ1) is 12.8. The highest BCUT2D eigenvalue weighted by Gasteiger charge is 2.24. The summed E-state index contributed by atoms with van der Waals surface area (Å²) in [7, 11) is 0. The fourth-order valence-corrected chi connectivity index (χ4v) is 3.05. The first-order valence-electron chi connectivity index (χ1n) is 5.88. The summed E-state index contributed by atoms with van der Waals surface area (Å²) in [6.07, 6.45) is 2.53. The monoisotopic (exact) mass is 224 g/mol. The summed E-state index contributed by atoms with van der Waals surface area (Å²) in [6, 6.07) is 4.62. The summed E-state index contributed by atoms with van der Waals surface area (Å²) in [4.78, 5) is 3.04. The predicted molar refractivity (Wildman–Crippen MR) is 71.0 cm³/mol. The molecule has 1 heteroatoms. The second-order valence-electron chi connectivity index (χ2n) is 6.05. The molecule has 0 spiro atoms. The van der Waals surface area contributed by atoms with Crippen molar-refractivity contribution in [1.29, 1.82) is 0 Å². The first-order chi connectivity index (χ1) is 6.77. The quantitative estimate of drug-likeness (QED) is 0.668. The van der Waals surface area contributed by atoms with Crippen molar-refractivity contribution in [2.75, 3.05) is 0 Å². The largest absolute Gasteiger partial charge is 0.144 e. The van der Waals surface area contributed by atoms with Gasteiger partial charge in [0.25, 0.3) is 0 Å². The summed E-state index contributed by atoms with van der Waals surface area (Å²) >= 11 is 1.99. The molecule has 0 nitrogen and oxygen atoms in total. The van der Waals surface area contributed by atoms with Gasteiger partial charge in [0.15, 0.2) is 0 Å². The topological polar surface area (TPSA) is 0 Å². The van der Waals surface area contributed by atoms with E-state index in [1.807, 2.05) is 11.3 Å². The summed E-state index contributed by atoms with van der Waals surface area (Å²) in [5.74, 6) is 0. The van der Waals surface area contributed by atoms with Crippen molar-refractivity contribution in [2.24, 2.45) is 0 Å². The summed E-state index contributed by atoms with van der Waals surface area (Å²) in [5.41, 5.74) is 0.647. The molecule has 0 bridgehead atoms. The van der Waals surface area contributed by atoms with Crippen LogP contribution in [-0.4, -0.2) is 0 Å². The minimum atomic E-state index is 0.297. The van der Waals surface area contributed by atoms with Crippen LogP contribution >= 0.6 is 11.3 Å². The van der Waals surface area contributed by atoms with E-state index in [0.717, 1.165) is 0 Å². The minimum Gasteiger partial charge on any atom is -0.144 e. The molecule has 0 aliphatic heterocycles. The Morgan fingerprint density at radius 1 is 1.00 bits per heavy atom. The number of hydrogen-bond acceptors (Lipinski definition) is 1. The maximum Gasteiger partial charge on any atom is 0.0105 e. The van der Waals surface area contributed by atoms with Crippen LogP contribution < -0.4 is 0 Å². The molecule has 0 fully saturated rings. The fraction of sp³-hybridized carbons (Fsp3) is 0.714. The van der Waals surface area contributed by atoms with E-state index < -0.39 is 0 Å². The van der Waals surface area contributed by atoms with Gasteiger partial charge in [0.2, 0.25) is 0 Å². The van der Waals surface area contributed by atoms with Crippen LogP contribution in [0.3, 0.4) is 0 Å². The average molecular weight is 224 g/mol. The third kappa shape index (κ3) is 3.07. The maximum absolute atomic E-state index is 2.36. The van der Waals surface area contributed by atoms with Crippen molar-refractivity contribution in [3.63, 3.8) is 0 Å². The molecule has 0 atom stereocenters. The van der Waals surface area contributed by atoms with Crippen molar-refractivity contribution in [3.05, 3.63) is 21.9 Å². The van der Waals surface area contributed by atoms with Gasteiger partial charge in [-0.25, -0.2) is 0 Å². The van der Waals surface area contributed by atoms with Crippen LogP contribution in [-0.2, 0) is 10.8 Å². The summed E-state index contributed by atoms with van der Waals surface area (Å²) in [5, 5.41) is 0. The highest BCUT2D eigenvalue weighted by molar-refractivity contribution is 7.12. The Labute approximate surface area is 98.7 Å². The summed E-state index contributed by atoms with van der Waals surface area (Å²) < 4.78 is 0. The van der Waals surface area contributed by atoms with Crippen molar-refractivity contribution < 1.29 is 0 Å². The standard InChI is InChI=1S/C14H24S/c1-7-10-14(5,6)12-9-8-11(15-12)13(2,3)4/h8-9H,7,10H2,1-6H3. The van der Waals surface area contributed by atoms with Gasteiger partial charge in [-0.1, -0.05) is 48.0 Å². The third-order valence-corrected chi connectivity index (χ3v) is 4.76. The molecule has 1 rings (SSSR count).